The maximum Gasteiger partial charge on any atom is 0.129 e. The summed E-state index contributed by atoms with van der Waals surface area (Å²) >= 11 is 0. The smallest absolute Gasteiger partial charge is 0.129 e. The van der Waals surface area contributed by atoms with Gasteiger partial charge in [0.05, 0.1) is 0 Å². The lowest BCUT2D eigenvalue weighted by molar-refractivity contribution is 0.573. The lowest BCUT2D eigenvalue weighted by atomic mass is 10.0. The molecule has 0 spiro atoms. The largest absolute Gasteiger partial charge is 0.317 e. The van der Waals surface area contributed by atoms with E-state index in [0.717, 1.165) is 18.1 Å². The molecule has 0 radical (unpaired) electrons. The molecule has 0 saturated carbocycles. The number of hydrogen-bond donors (Lipinski definition) is 0. The van der Waals surface area contributed by atoms with Crippen LogP contribution < -0.4 is 5.30 Å². The van der Waals surface area contributed by atoms with Gasteiger partial charge in [0, 0.05) is 16.6 Å². The van der Waals surface area contributed by atoms with Crippen LogP contribution in [0.2, 0.25) is 0 Å². The molecule has 2 heteroatoms. The van der Waals surface area contributed by atoms with Gasteiger partial charge in [0.15, 0.2) is 0 Å². The lowest BCUT2D eigenvalue weighted by Crippen LogP contribution is -2.11. The Morgan fingerprint density at radius 3 is 1.38 bits per heavy atom. The van der Waals surface area contributed by atoms with Gasteiger partial charge in [0.1, 0.15) is 7.14 Å². The van der Waals surface area contributed by atoms with Crippen molar-refractivity contribution in [1.29, 1.82) is 0 Å². The predicted molar refractivity (Wildman–Crippen MR) is 101 cm³/mol. The molecular formula is C22H21OP. The van der Waals surface area contributed by atoms with Crippen LogP contribution in [0.15, 0.2) is 91.0 Å². The van der Waals surface area contributed by atoms with E-state index >= 15 is 0 Å². The molecule has 120 valence electrons. The SMILES string of the molecule is O=P1(c2ccccc2)[C@H](c2ccccc2)CC[C@H]1c1ccccc1. The molecule has 0 unspecified atom stereocenters. The van der Waals surface area contributed by atoms with E-state index in [2.05, 4.69) is 60.7 Å². The van der Waals surface area contributed by atoms with Crippen molar-refractivity contribution in [3.63, 3.8) is 0 Å². The average molecular weight is 332 g/mol. The van der Waals surface area contributed by atoms with Crippen molar-refractivity contribution in [3.05, 3.63) is 102 Å². The van der Waals surface area contributed by atoms with Crippen LogP contribution in [0.25, 0.3) is 0 Å². The molecule has 1 nitrogen and oxygen atoms in total. The maximum atomic E-state index is 14.5. The van der Waals surface area contributed by atoms with Crippen LogP contribution in [0.4, 0.5) is 0 Å². The van der Waals surface area contributed by atoms with Crippen molar-refractivity contribution in [1.82, 2.24) is 0 Å². The summed E-state index contributed by atoms with van der Waals surface area (Å²) in [5.41, 5.74) is 2.66. The first kappa shape index (κ1) is 15.4. The van der Waals surface area contributed by atoms with Crippen molar-refractivity contribution in [2.24, 2.45) is 0 Å². The molecule has 0 aromatic heterocycles. The fraction of sp³-hybridized carbons (Fsp3) is 0.182. The van der Waals surface area contributed by atoms with Gasteiger partial charge in [-0.1, -0.05) is 91.0 Å². The van der Waals surface area contributed by atoms with Crippen molar-refractivity contribution < 1.29 is 4.57 Å². The Kier molecular flexibility index (Phi) is 4.12. The summed E-state index contributed by atoms with van der Waals surface area (Å²) < 4.78 is 14.5. The number of hydrogen-bond acceptors (Lipinski definition) is 1. The van der Waals surface area contributed by atoms with E-state index in [0.29, 0.717) is 0 Å². The standard InChI is InChI=1S/C22H21OP/c23-24(20-14-8-3-9-15-20)21(18-10-4-1-5-11-18)16-17-22(24)19-12-6-2-7-13-19/h1-15,21-22H,16-17H2/t21-,22-/m0/s1. The zero-order valence-electron chi connectivity index (χ0n) is 13.6. The first-order valence-electron chi connectivity index (χ1n) is 8.55. The summed E-state index contributed by atoms with van der Waals surface area (Å²) in [5.74, 6) is 0. The molecule has 1 aliphatic heterocycles. The third kappa shape index (κ3) is 2.54. The van der Waals surface area contributed by atoms with Crippen LogP contribution in [0, 0.1) is 0 Å². The van der Waals surface area contributed by atoms with Crippen LogP contribution in [0.1, 0.15) is 35.3 Å². The zero-order valence-corrected chi connectivity index (χ0v) is 14.5. The number of benzene rings is 3. The van der Waals surface area contributed by atoms with E-state index in [-0.39, 0.29) is 11.3 Å². The van der Waals surface area contributed by atoms with Gasteiger partial charge < -0.3 is 4.57 Å². The van der Waals surface area contributed by atoms with Gasteiger partial charge in [0.2, 0.25) is 0 Å². The molecule has 1 aliphatic rings. The van der Waals surface area contributed by atoms with Gasteiger partial charge in [-0.3, -0.25) is 0 Å². The average Bonchev–Trinajstić information content (AvgIpc) is 3.02. The summed E-state index contributed by atoms with van der Waals surface area (Å²) in [6.45, 7) is 0. The molecule has 3 aromatic carbocycles. The molecule has 1 fully saturated rings. The molecule has 2 atom stereocenters. The maximum absolute atomic E-state index is 14.5. The van der Waals surface area contributed by atoms with E-state index in [1.54, 1.807) is 0 Å². The van der Waals surface area contributed by atoms with E-state index < -0.39 is 7.14 Å². The Bertz CT molecular complexity index is 791. The Morgan fingerprint density at radius 2 is 0.958 bits per heavy atom. The molecule has 0 amide bonds. The fourth-order valence-corrected chi connectivity index (χ4v) is 8.15. The quantitative estimate of drug-likeness (QED) is 0.542. The first-order chi connectivity index (χ1) is 11.8. The van der Waals surface area contributed by atoms with Gasteiger partial charge in [0.25, 0.3) is 0 Å². The molecule has 4 rings (SSSR count). The lowest BCUT2D eigenvalue weighted by Gasteiger charge is -2.27. The second-order valence-electron chi connectivity index (χ2n) is 6.48. The van der Waals surface area contributed by atoms with E-state index in [4.69, 9.17) is 0 Å². The van der Waals surface area contributed by atoms with Crippen molar-refractivity contribution in [2.75, 3.05) is 0 Å². The Labute approximate surface area is 143 Å². The molecule has 0 bridgehead atoms. The van der Waals surface area contributed by atoms with Crippen LogP contribution in [0.5, 0.6) is 0 Å². The van der Waals surface area contributed by atoms with Gasteiger partial charge in [-0.05, 0) is 24.0 Å². The molecule has 1 heterocycles. The second-order valence-corrected chi connectivity index (χ2v) is 9.66. The van der Waals surface area contributed by atoms with Gasteiger partial charge in [-0.2, -0.15) is 0 Å². The summed E-state index contributed by atoms with van der Waals surface area (Å²) in [7, 11) is -2.59. The fourth-order valence-electron chi connectivity index (χ4n) is 4.06. The molecule has 24 heavy (non-hydrogen) atoms. The topological polar surface area (TPSA) is 17.1 Å². The molecular weight excluding hydrogens is 311 g/mol. The third-order valence-corrected chi connectivity index (χ3v) is 9.24. The molecule has 0 N–H and O–H groups in total. The minimum Gasteiger partial charge on any atom is -0.317 e. The summed E-state index contributed by atoms with van der Waals surface area (Å²) in [6, 6.07) is 30.9. The minimum atomic E-state index is -2.59. The highest BCUT2D eigenvalue weighted by atomic mass is 31.2. The summed E-state index contributed by atoms with van der Waals surface area (Å²) in [5, 5.41) is 1.02. The third-order valence-electron chi connectivity index (χ3n) is 5.17. The second kappa shape index (κ2) is 6.42. The van der Waals surface area contributed by atoms with Crippen molar-refractivity contribution in [3.8, 4) is 0 Å². The van der Waals surface area contributed by atoms with Crippen LogP contribution in [0.3, 0.4) is 0 Å². The van der Waals surface area contributed by atoms with E-state index in [1.165, 1.54) is 11.1 Å². The molecule has 3 aromatic rings. The predicted octanol–water partition coefficient (Wildman–Crippen LogP) is 5.95. The monoisotopic (exact) mass is 332 g/mol. The van der Waals surface area contributed by atoms with Gasteiger partial charge in [-0.25, -0.2) is 0 Å². The van der Waals surface area contributed by atoms with E-state index in [9.17, 15) is 4.57 Å². The highest BCUT2D eigenvalue weighted by molar-refractivity contribution is 7.72. The number of rotatable bonds is 3. The Hall–Kier alpha value is -2.11. The molecule has 1 saturated heterocycles. The Morgan fingerprint density at radius 1 is 0.583 bits per heavy atom. The normalized spacial score (nSPS) is 22.3. The minimum absolute atomic E-state index is 0.117. The van der Waals surface area contributed by atoms with Crippen molar-refractivity contribution >= 4 is 12.4 Å². The van der Waals surface area contributed by atoms with E-state index in [1.807, 2.05) is 30.3 Å². The highest BCUT2D eigenvalue weighted by Gasteiger charge is 2.48. The zero-order chi connectivity index (χ0) is 16.4. The van der Waals surface area contributed by atoms with Crippen LogP contribution in [-0.4, -0.2) is 0 Å². The van der Waals surface area contributed by atoms with Gasteiger partial charge >= 0.3 is 0 Å². The van der Waals surface area contributed by atoms with Crippen LogP contribution in [-0.2, 0) is 4.57 Å². The van der Waals surface area contributed by atoms with Gasteiger partial charge in [-0.15, -0.1) is 0 Å². The Balaban J connectivity index is 1.87. The van der Waals surface area contributed by atoms with Crippen molar-refractivity contribution in [2.45, 2.75) is 24.2 Å². The first-order valence-corrected chi connectivity index (χ1v) is 10.4. The van der Waals surface area contributed by atoms with Crippen LogP contribution >= 0.6 is 7.14 Å². The summed E-state index contributed by atoms with van der Waals surface area (Å²) in [4.78, 5) is 0. The summed E-state index contributed by atoms with van der Waals surface area (Å²) in [6.07, 6.45) is 1.96. The molecule has 0 aliphatic carbocycles. The highest BCUT2D eigenvalue weighted by Crippen LogP contribution is 2.75.